The number of nitrogens with one attached hydrogen (secondary N) is 2. The standard InChI is InChI=1S/C15H24N2O2/c1-18-9-8-16-6-7-17-11-13-10-14-4-2-3-5-15(14)19-12-13/h2-5,13,16-17H,6-12H2,1H3. The highest BCUT2D eigenvalue weighted by Gasteiger charge is 2.18. The number of para-hydroxylation sites is 1. The summed E-state index contributed by atoms with van der Waals surface area (Å²) in [6.07, 6.45) is 1.11. The van der Waals surface area contributed by atoms with Gasteiger partial charge in [-0.25, -0.2) is 0 Å². The first-order chi connectivity index (χ1) is 9.40. The third-order valence-corrected chi connectivity index (χ3v) is 3.35. The fraction of sp³-hybridized carbons (Fsp3) is 0.600. The zero-order valence-electron chi connectivity index (χ0n) is 11.7. The van der Waals surface area contributed by atoms with Gasteiger partial charge in [0.1, 0.15) is 5.75 Å². The summed E-state index contributed by atoms with van der Waals surface area (Å²) in [7, 11) is 1.72. The molecule has 19 heavy (non-hydrogen) atoms. The first-order valence-electron chi connectivity index (χ1n) is 7.01. The summed E-state index contributed by atoms with van der Waals surface area (Å²) < 4.78 is 10.8. The Hall–Kier alpha value is -1.10. The zero-order chi connectivity index (χ0) is 13.3. The summed E-state index contributed by atoms with van der Waals surface area (Å²) in [6, 6.07) is 8.33. The van der Waals surface area contributed by atoms with Gasteiger partial charge in [-0.1, -0.05) is 18.2 Å². The molecule has 0 aromatic heterocycles. The van der Waals surface area contributed by atoms with Crippen LogP contribution in [0.5, 0.6) is 5.75 Å². The third kappa shape index (κ3) is 4.82. The average molecular weight is 264 g/mol. The second-order valence-corrected chi connectivity index (χ2v) is 4.94. The third-order valence-electron chi connectivity index (χ3n) is 3.35. The quantitative estimate of drug-likeness (QED) is 0.689. The molecule has 0 radical (unpaired) electrons. The second kappa shape index (κ2) is 8.15. The van der Waals surface area contributed by atoms with E-state index in [9.17, 15) is 0 Å². The van der Waals surface area contributed by atoms with Crippen LogP contribution in [0.3, 0.4) is 0 Å². The van der Waals surface area contributed by atoms with Crippen LogP contribution in [0.4, 0.5) is 0 Å². The van der Waals surface area contributed by atoms with Gasteiger partial charge in [-0.05, 0) is 18.1 Å². The Balaban J connectivity index is 1.58. The van der Waals surface area contributed by atoms with Crippen LogP contribution in [0.1, 0.15) is 5.56 Å². The van der Waals surface area contributed by atoms with Gasteiger partial charge in [0.25, 0.3) is 0 Å². The van der Waals surface area contributed by atoms with Gasteiger partial charge in [0.2, 0.25) is 0 Å². The van der Waals surface area contributed by atoms with Crippen molar-refractivity contribution in [3.05, 3.63) is 29.8 Å². The van der Waals surface area contributed by atoms with E-state index in [1.54, 1.807) is 7.11 Å². The Labute approximate surface area is 115 Å². The lowest BCUT2D eigenvalue weighted by atomic mass is 9.97. The molecule has 1 atom stereocenters. The lowest BCUT2D eigenvalue weighted by Gasteiger charge is -2.25. The van der Waals surface area contributed by atoms with E-state index in [2.05, 4.69) is 28.8 Å². The Morgan fingerprint density at radius 3 is 2.95 bits per heavy atom. The summed E-state index contributed by atoms with van der Waals surface area (Å²) in [6.45, 7) is 5.49. The topological polar surface area (TPSA) is 42.5 Å². The molecule has 4 nitrogen and oxygen atoms in total. The van der Waals surface area contributed by atoms with Crippen molar-refractivity contribution >= 4 is 0 Å². The molecule has 0 amide bonds. The molecule has 0 bridgehead atoms. The highest BCUT2D eigenvalue weighted by atomic mass is 16.5. The van der Waals surface area contributed by atoms with Gasteiger partial charge in [0.05, 0.1) is 13.2 Å². The maximum Gasteiger partial charge on any atom is 0.122 e. The largest absolute Gasteiger partial charge is 0.493 e. The number of benzene rings is 1. The molecule has 1 heterocycles. The van der Waals surface area contributed by atoms with Gasteiger partial charge in [-0.15, -0.1) is 0 Å². The molecule has 106 valence electrons. The van der Waals surface area contributed by atoms with Crippen molar-refractivity contribution in [1.29, 1.82) is 0 Å². The van der Waals surface area contributed by atoms with E-state index >= 15 is 0 Å². The zero-order valence-corrected chi connectivity index (χ0v) is 11.7. The van der Waals surface area contributed by atoms with Crippen molar-refractivity contribution in [2.24, 2.45) is 5.92 Å². The lowest BCUT2D eigenvalue weighted by molar-refractivity contribution is 0.199. The van der Waals surface area contributed by atoms with Gasteiger partial charge in [0, 0.05) is 39.2 Å². The number of fused-ring (bicyclic) bond motifs is 1. The van der Waals surface area contributed by atoms with Gasteiger partial charge in [0.15, 0.2) is 0 Å². The predicted molar refractivity (Wildman–Crippen MR) is 76.7 cm³/mol. The monoisotopic (exact) mass is 264 g/mol. The van der Waals surface area contributed by atoms with E-state index in [-0.39, 0.29) is 0 Å². The van der Waals surface area contributed by atoms with Gasteiger partial charge in [-0.3, -0.25) is 0 Å². The summed E-state index contributed by atoms with van der Waals surface area (Å²) in [5.74, 6) is 1.63. The van der Waals surface area contributed by atoms with Crippen LogP contribution in [0.2, 0.25) is 0 Å². The minimum Gasteiger partial charge on any atom is -0.493 e. The number of hydrogen-bond donors (Lipinski definition) is 2. The van der Waals surface area contributed by atoms with Crippen LogP contribution in [-0.2, 0) is 11.2 Å². The predicted octanol–water partition coefficient (Wildman–Crippen LogP) is 1.06. The SMILES string of the molecule is COCCNCCNCC1COc2ccccc2C1. The minimum atomic E-state index is 0.578. The molecule has 0 fully saturated rings. The van der Waals surface area contributed by atoms with E-state index < -0.39 is 0 Å². The molecule has 1 aromatic rings. The number of ether oxygens (including phenoxy) is 2. The minimum absolute atomic E-state index is 0.578. The molecular weight excluding hydrogens is 240 g/mol. The number of hydrogen-bond acceptors (Lipinski definition) is 4. The normalized spacial score (nSPS) is 17.8. The van der Waals surface area contributed by atoms with Crippen molar-refractivity contribution in [2.75, 3.05) is 46.5 Å². The molecule has 1 aliphatic heterocycles. The molecule has 0 saturated carbocycles. The summed E-state index contributed by atoms with van der Waals surface area (Å²) >= 11 is 0. The van der Waals surface area contributed by atoms with Crippen LogP contribution in [0.15, 0.2) is 24.3 Å². The van der Waals surface area contributed by atoms with E-state index in [4.69, 9.17) is 9.47 Å². The molecule has 2 rings (SSSR count). The summed E-state index contributed by atoms with van der Waals surface area (Å²) in [5.41, 5.74) is 1.33. The number of rotatable bonds is 8. The highest BCUT2D eigenvalue weighted by Crippen LogP contribution is 2.26. The molecule has 1 unspecified atom stereocenters. The van der Waals surface area contributed by atoms with E-state index in [1.807, 2.05) is 6.07 Å². The van der Waals surface area contributed by atoms with Gasteiger partial charge < -0.3 is 20.1 Å². The molecule has 0 spiro atoms. The maximum absolute atomic E-state index is 5.77. The van der Waals surface area contributed by atoms with E-state index in [0.29, 0.717) is 5.92 Å². The smallest absolute Gasteiger partial charge is 0.122 e. The molecule has 4 heteroatoms. The fourth-order valence-electron chi connectivity index (χ4n) is 2.30. The molecule has 2 N–H and O–H groups in total. The maximum atomic E-state index is 5.77. The highest BCUT2D eigenvalue weighted by molar-refractivity contribution is 5.35. The average Bonchev–Trinajstić information content (AvgIpc) is 2.46. The Kier molecular flexibility index (Phi) is 6.14. The first kappa shape index (κ1) is 14.3. The van der Waals surface area contributed by atoms with Crippen LogP contribution in [0, 0.1) is 5.92 Å². The molecule has 0 aliphatic carbocycles. The molecule has 1 aromatic carbocycles. The van der Waals surface area contributed by atoms with Crippen molar-refractivity contribution in [1.82, 2.24) is 10.6 Å². The molecule has 1 aliphatic rings. The van der Waals surface area contributed by atoms with Crippen LogP contribution in [0.25, 0.3) is 0 Å². The molecular formula is C15H24N2O2. The van der Waals surface area contributed by atoms with Crippen LogP contribution in [-0.4, -0.2) is 46.5 Å². The number of methoxy groups -OCH3 is 1. The second-order valence-electron chi connectivity index (χ2n) is 4.94. The Morgan fingerprint density at radius 1 is 1.21 bits per heavy atom. The van der Waals surface area contributed by atoms with E-state index in [0.717, 1.165) is 51.6 Å². The fourth-order valence-corrected chi connectivity index (χ4v) is 2.30. The molecule has 0 saturated heterocycles. The van der Waals surface area contributed by atoms with Crippen LogP contribution < -0.4 is 15.4 Å². The summed E-state index contributed by atoms with van der Waals surface area (Å²) in [5, 5.41) is 6.80. The van der Waals surface area contributed by atoms with Crippen LogP contribution >= 0.6 is 0 Å². The Bertz CT molecular complexity index is 371. The van der Waals surface area contributed by atoms with Crippen molar-refractivity contribution in [2.45, 2.75) is 6.42 Å². The first-order valence-corrected chi connectivity index (χ1v) is 7.01. The van der Waals surface area contributed by atoms with Gasteiger partial charge >= 0.3 is 0 Å². The van der Waals surface area contributed by atoms with E-state index in [1.165, 1.54) is 5.56 Å². The lowest BCUT2D eigenvalue weighted by Crippen LogP contribution is -2.35. The summed E-state index contributed by atoms with van der Waals surface area (Å²) in [4.78, 5) is 0. The Morgan fingerprint density at radius 2 is 2.05 bits per heavy atom. The van der Waals surface area contributed by atoms with Crippen molar-refractivity contribution in [3.63, 3.8) is 0 Å². The van der Waals surface area contributed by atoms with Crippen molar-refractivity contribution in [3.8, 4) is 5.75 Å². The van der Waals surface area contributed by atoms with Crippen molar-refractivity contribution < 1.29 is 9.47 Å². The van der Waals surface area contributed by atoms with Gasteiger partial charge in [-0.2, -0.15) is 0 Å².